The first-order chi connectivity index (χ1) is 18.8. The lowest BCUT2D eigenvalue weighted by molar-refractivity contribution is -0.139. The number of imidazole rings is 1. The van der Waals surface area contributed by atoms with Crippen molar-refractivity contribution in [1.82, 2.24) is 24.4 Å². The first-order valence-electron chi connectivity index (χ1n) is 12.9. The molecule has 3 aromatic rings. The number of nitrogens with one attached hydrogen (secondary N) is 2. The zero-order valence-corrected chi connectivity index (χ0v) is 22.4. The van der Waals surface area contributed by atoms with Crippen molar-refractivity contribution < 1.29 is 23.8 Å². The van der Waals surface area contributed by atoms with E-state index in [1.807, 2.05) is 13.0 Å². The molecule has 2 aromatic heterocycles. The van der Waals surface area contributed by atoms with Gasteiger partial charge >= 0.3 is 17.7 Å². The zero-order valence-electron chi connectivity index (χ0n) is 22.4. The lowest BCUT2D eigenvalue weighted by Gasteiger charge is -2.34. The molecule has 1 aromatic carbocycles. The van der Waals surface area contributed by atoms with E-state index in [0.29, 0.717) is 36.5 Å². The third-order valence-corrected chi connectivity index (χ3v) is 6.97. The van der Waals surface area contributed by atoms with Crippen LogP contribution in [0.15, 0.2) is 29.1 Å². The molecule has 1 fully saturated rings. The predicted octanol–water partition coefficient (Wildman–Crippen LogP) is 1.35. The van der Waals surface area contributed by atoms with Gasteiger partial charge in [0.05, 0.1) is 26.7 Å². The number of piperidine rings is 1. The number of H-pyrrole nitrogens is 1. The van der Waals surface area contributed by atoms with Gasteiger partial charge in [0, 0.05) is 18.8 Å². The SMILES string of the molecule is COCCOc1nc(N)c2[nH]c(=O)n(C(C)C3CCN(CC(=O)Nc4cccc(CC(=O)OC)c4)CC3)c2n1. The second-order valence-electron chi connectivity index (χ2n) is 9.59. The molecule has 0 spiro atoms. The van der Waals surface area contributed by atoms with Crippen molar-refractivity contribution in [3.63, 3.8) is 0 Å². The molecule has 0 radical (unpaired) electrons. The fraction of sp³-hybridized carbons (Fsp3) is 0.500. The number of benzene rings is 1. The van der Waals surface area contributed by atoms with Crippen molar-refractivity contribution in [2.45, 2.75) is 32.2 Å². The molecule has 1 aliphatic heterocycles. The summed E-state index contributed by atoms with van der Waals surface area (Å²) in [5.74, 6) is -0.118. The molecule has 4 rings (SSSR count). The fourth-order valence-electron chi connectivity index (χ4n) is 4.87. The van der Waals surface area contributed by atoms with Gasteiger partial charge in [0.1, 0.15) is 12.1 Å². The topological polar surface area (TPSA) is 167 Å². The van der Waals surface area contributed by atoms with Crippen molar-refractivity contribution in [1.29, 1.82) is 0 Å². The molecule has 1 saturated heterocycles. The number of rotatable bonds is 11. The van der Waals surface area contributed by atoms with Crippen molar-refractivity contribution >= 4 is 34.5 Å². The van der Waals surface area contributed by atoms with Crippen LogP contribution in [0.3, 0.4) is 0 Å². The normalized spacial score (nSPS) is 15.3. The third-order valence-electron chi connectivity index (χ3n) is 6.97. The van der Waals surface area contributed by atoms with Crippen molar-refractivity contribution in [2.75, 3.05) is 58.1 Å². The minimum atomic E-state index is -0.336. The minimum absolute atomic E-state index is 0.0914. The zero-order chi connectivity index (χ0) is 27.9. The highest BCUT2D eigenvalue weighted by molar-refractivity contribution is 5.92. The lowest BCUT2D eigenvalue weighted by Crippen LogP contribution is -2.41. The van der Waals surface area contributed by atoms with E-state index in [1.54, 1.807) is 29.9 Å². The number of fused-ring (bicyclic) bond motifs is 1. The van der Waals surface area contributed by atoms with Gasteiger partial charge in [-0.05, 0) is 56.5 Å². The molecule has 0 aliphatic carbocycles. The maximum absolute atomic E-state index is 12.9. The number of aromatic amines is 1. The Morgan fingerprint density at radius 1 is 1.21 bits per heavy atom. The maximum Gasteiger partial charge on any atom is 0.328 e. The van der Waals surface area contributed by atoms with Crippen LogP contribution in [0.2, 0.25) is 0 Å². The first-order valence-corrected chi connectivity index (χ1v) is 12.9. The van der Waals surface area contributed by atoms with Gasteiger partial charge in [-0.15, -0.1) is 0 Å². The standard InChI is InChI=1S/C26H35N7O6/c1-16(33-24-22(29-26(33)36)23(27)30-25(31-24)39-12-11-37-2)18-7-9-32(10-8-18)15-20(34)28-19-6-4-5-17(13-19)14-21(35)38-3/h4-6,13,16,18H,7-12,14-15H2,1-3H3,(H,28,34)(H,29,36)(H2,27,30,31). The summed E-state index contributed by atoms with van der Waals surface area (Å²) < 4.78 is 16.8. The van der Waals surface area contributed by atoms with Gasteiger partial charge in [-0.2, -0.15) is 9.97 Å². The molecule has 39 heavy (non-hydrogen) atoms. The van der Waals surface area contributed by atoms with E-state index in [1.165, 1.54) is 7.11 Å². The number of carbonyl (C=O) groups excluding carboxylic acids is 2. The van der Waals surface area contributed by atoms with Gasteiger partial charge in [-0.1, -0.05) is 12.1 Å². The number of nitrogens with zero attached hydrogens (tertiary/aromatic N) is 4. The third kappa shape index (κ3) is 6.92. The van der Waals surface area contributed by atoms with E-state index < -0.39 is 0 Å². The molecule has 13 heteroatoms. The van der Waals surface area contributed by atoms with Crippen LogP contribution in [0.25, 0.3) is 11.2 Å². The number of hydrogen-bond donors (Lipinski definition) is 3. The Hall–Kier alpha value is -3.97. The quantitative estimate of drug-likeness (QED) is 0.238. The molecular weight excluding hydrogens is 506 g/mol. The largest absolute Gasteiger partial charge is 0.469 e. The van der Waals surface area contributed by atoms with Crippen molar-refractivity contribution in [3.8, 4) is 6.01 Å². The van der Waals surface area contributed by atoms with Gasteiger partial charge in [-0.3, -0.25) is 19.1 Å². The Bertz CT molecular complexity index is 1360. The highest BCUT2D eigenvalue weighted by Crippen LogP contribution is 2.30. The molecule has 210 valence electrons. The molecule has 3 heterocycles. The van der Waals surface area contributed by atoms with E-state index in [-0.39, 0.29) is 60.9 Å². The first kappa shape index (κ1) is 28.0. The molecule has 1 aliphatic rings. The number of nitrogens with two attached hydrogens (primary N) is 1. The Morgan fingerprint density at radius 2 is 1.97 bits per heavy atom. The summed E-state index contributed by atoms with van der Waals surface area (Å²) in [5.41, 5.74) is 7.96. The second-order valence-corrected chi connectivity index (χ2v) is 9.59. The molecule has 13 nitrogen and oxygen atoms in total. The molecule has 1 atom stereocenters. The van der Waals surface area contributed by atoms with Crippen LogP contribution in [0.4, 0.5) is 11.5 Å². The van der Waals surface area contributed by atoms with Crippen LogP contribution in [0.1, 0.15) is 31.4 Å². The molecular formula is C26H35N7O6. The molecule has 4 N–H and O–H groups in total. The average molecular weight is 542 g/mol. The van der Waals surface area contributed by atoms with Crippen LogP contribution in [0.5, 0.6) is 6.01 Å². The number of ether oxygens (including phenoxy) is 3. The van der Waals surface area contributed by atoms with Crippen LogP contribution < -0.4 is 21.5 Å². The van der Waals surface area contributed by atoms with Crippen LogP contribution in [0, 0.1) is 5.92 Å². The molecule has 0 bridgehead atoms. The minimum Gasteiger partial charge on any atom is -0.469 e. The van der Waals surface area contributed by atoms with Gasteiger partial charge in [0.2, 0.25) is 5.91 Å². The summed E-state index contributed by atoms with van der Waals surface area (Å²) in [7, 11) is 2.91. The summed E-state index contributed by atoms with van der Waals surface area (Å²) in [6.07, 6.45) is 1.76. The van der Waals surface area contributed by atoms with E-state index in [2.05, 4.69) is 25.2 Å². The summed E-state index contributed by atoms with van der Waals surface area (Å²) >= 11 is 0. The fourth-order valence-corrected chi connectivity index (χ4v) is 4.87. The Morgan fingerprint density at radius 3 is 2.69 bits per heavy atom. The van der Waals surface area contributed by atoms with Gasteiger partial charge in [0.15, 0.2) is 11.5 Å². The summed E-state index contributed by atoms with van der Waals surface area (Å²) in [4.78, 5) is 50.5. The van der Waals surface area contributed by atoms with Crippen LogP contribution >= 0.6 is 0 Å². The van der Waals surface area contributed by atoms with Crippen molar-refractivity contribution in [3.05, 3.63) is 40.3 Å². The summed E-state index contributed by atoms with van der Waals surface area (Å²) in [5, 5.41) is 2.91. The Balaban J connectivity index is 1.35. The molecule has 1 amide bonds. The van der Waals surface area contributed by atoms with E-state index in [9.17, 15) is 14.4 Å². The number of nitrogen functional groups attached to an aromatic ring is 1. The van der Waals surface area contributed by atoms with Gasteiger partial charge < -0.3 is 30.2 Å². The smallest absolute Gasteiger partial charge is 0.328 e. The monoisotopic (exact) mass is 541 g/mol. The number of anilines is 2. The van der Waals surface area contributed by atoms with E-state index in [4.69, 9.17) is 19.9 Å². The molecule has 1 unspecified atom stereocenters. The number of amides is 1. The number of methoxy groups -OCH3 is 2. The van der Waals surface area contributed by atoms with Gasteiger partial charge in [-0.25, -0.2) is 4.79 Å². The summed E-state index contributed by atoms with van der Waals surface area (Å²) in [6.45, 7) is 4.30. The highest BCUT2D eigenvalue weighted by Gasteiger charge is 2.29. The number of likely N-dealkylation sites (tertiary alicyclic amines) is 1. The van der Waals surface area contributed by atoms with E-state index >= 15 is 0 Å². The van der Waals surface area contributed by atoms with Gasteiger partial charge in [0.25, 0.3) is 0 Å². The number of hydrogen-bond acceptors (Lipinski definition) is 10. The Labute approximate surface area is 225 Å². The molecule has 0 saturated carbocycles. The Kier molecular flexibility index (Phi) is 9.15. The van der Waals surface area contributed by atoms with Crippen molar-refractivity contribution in [2.24, 2.45) is 5.92 Å². The second kappa shape index (κ2) is 12.7. The lowest BCUT2D eigenvalue weighted by atomic mass is 9.90. The number of esters is 1. The maximum atomic E-state index is 12.9. The highest BCUT2D eigenvalue weighted by atomic mass is 16.5. The van der Waals surface area contributed by atoms with Crippen LogP contribution in [-0.4, -0.2) is 83.4 Å². The average Bonchev–Trinajstić information content (AvgIpc) is 3.25. The number of carbonyl (C=O) groups is 2. The predicted molar refractivity (Wildman–Crippen MR) is 145 cm³/mol. The van der Waals surface area contributed by atoms with Crippen LogP contribution in [-0.2, 0) is 25.5 Å². The number of aromatic nitrogens is 4. The van der Waals surface area contributed by atoms with E-state index in [0.717, 1.165) is 18.4 Å². The summed E-state index contributed by atoms with van der Waals surface area (Å²) in [6, 6.07) is 7.10.